The van der Waals surface area contributed by atoms with Crippen molar-refractivity contribution >= 4 is 29.1 Å². The normalized spacial score (nSPS) is 11.8. The molecule has 21 heavy (non-hydrogen) atoms. The third-order valence-electron chi connectivity index (χ3n) is 2.88. The molecule has 3 nitrogen and oxygen atoms in total. The Bertz CT molecular complexity index is 617. The number of carbonyl (C=O) groups excluding carboxylic acids is 1. The van der Waals surface area contributed by atoms with E-state index in [2.05, 4.69) is 5.32 Å². The Morgan fingerprint density at radius 3 is 2.52 bits per heavy atom. The molecule has 0 spiro atoms. The number of hydrogen-bond acceptors (Lipinski definition) is 2. The van der Waals surface area contributed by atoms with Gasteiger partial charge in [-0.3, -0.25) is 4.79 Å². The number of benzene rings is 2. The largest absolute Gasteiger partial charge is 0.481 e. The molecule has 1 amide bonds. The van der Waals surface area contributed by atoms with E-state index >= 15 is 0 Å². The van der Waals surface area contributed by atoms with E-state index in [1.54, 1.807) is 25.1 Å². The second kappa shape index (κ2) is 7.34. The van der Waals surface area contributed by atoms with Gasteiger partial charge < -0.3 is 10.1 Å². The fraction of sp³-hybridized carbons (Fsp3) is 0.188. The van der Waals surface area contributed by atoms with E-state index in [-0.39, 0.29) is 5.91 Å². The number of nitrogens with one attached hydrogen (secondary N) is 1. The predicted octanol–water partition coefficient (Wildman–Crippen LogP) is 4.08. The molecule has 0 aromatic heterocycles. The van der Waals surface area contributed by atoms with Crippen molar-refractivity contribution in [1.82, 2.24) is 5.32 Å². The number of hydrogen-bond donors (Lipinski definition) is 1. The molecule has 2 aromatic carbocycles. The summed E-state index contributed by atoms with van der Waals surface area (Å²) in [7, 11) is 0. The summed E-state index contributed by atoms with van der Waals surface area (Å²) in [5.41, 5.74) is 1.03. The van der Waals surface area contributed by atoms with Crippen molar-refractivity contribution in [3.05, 3.63) is 64.1 Å². The first-order chi connectivity index (χ1) is 10.1. The van der Waals surface area contributed by atoms with Crippen molar-refractivity contribution in [3.8, 4) is 5.75 Å². The maximum Gasteiger partial charge on any atom is 0.261 e. The van der Waals surface area contributed by atoms with Crippen molar-refractivity contribution in [2.75, 3.05) is 0 Å². The highest BCUT2D eigenvalue weighted by molar-refractivity contribution is 6.42. The maximum absolute atomic E-state index is 12.0. The summed E-state index contributed by atoms with van der Waals surface area (Å²) in [5, 5.41) is 3.67. The van der Waals surface area contributed by atoms with Crippen LogP contribution in [0.2, 0.25) is 10.0 Å². The van der Waals surface area contributed by atoms with Gasteiger partial charge in [-0.05, 0) is 24.6 Å². The Labute approximate surface area is 133 Å². The van der Waals surface area contributed by atoms with Crippen molar-refractivity contribution in [3.63, 3.8) is 0 Å². The highest BCUT2D eigenvalue weighted by Gasteiger charge is 2.14. The van der Waals surface area contributed by atoms with E-state index in [9.17, 15) is 4.79 Å². The van der Waals surface area contributed by atoms with Crippen LogP contribution in [0.15, 0.2) is 48.5 Å². The summed E-state index contributed by atoms with van der Waals surface area (Å²) in [5.74, 6) is 0.316. The van der Waals surface area contributed by atoms with E-state index in [0.717, 1.165) is 5.56 Å². The van der Waals surface area contributed by atoms with Crippen LogP contribution in [0.5, 0.6) is 5.75 Å². The van der Waals surface area contributed by atoms with Gasteiger partial charge in [0, 0.05) is 12.6 Å². The van der Waals surface area contributed by atoms with Gasteiger partial charge in [0.25, 0.3) is 5.91 Å². The van der Waals surface area contributed by atoms with Crippen molar-refractivity contribution in [2.24, 2.45) is 0 Å². The van der Waals surface area contributed by atoms with Gasteiger partial charge in [-0.2, -0.15) is 0 Å². The van der Waals surface area contributed by atoms with Crippen LogP contribution >= 0.6 is 23.2 Å². The molecule has 0 saturated heterocycles. The number of amides is 1. The number of ether oxygens (including phenoxy) is 1. The molecule has 0 saturated carbocycles. The average molecular weight is 324 g/mol. The first-order valence-corrected chi connectivity index (χ1v) is 7.25. The molecule has 0 aliphatic rings. The van der Waals surface area contributed by atoms with Crippen LogP contribution in [0.4, 0.5) is 0 Å². The van der Waals surface area contributed by atoms with Gasteiger partial charge in [0.05, 0.1) is 10.0 Å². The van der Waals surface area contributed by atoms with Crippen LogP contribution in [0, 0.1) is 0 Å². The SMILES string of the molecule is C[C@@H](Oc1ccc(Cl)c(Cl)c1)C(=O)NCc1ccccc1. The second-order valence-electron chi connectivity index (χ2n) is 4.54. The molecule has 2 rings (SSSR count). The Hall–Kier alpha value is -1.71. The fourth-order valence-electron chi connectivity index (χ4n) is 1.74. The molecule has 110 valence electrons. The molecule has 0 aliphatic carbocycles. The molecular formula is C16H15Cl2NO2. The predicted molar refractivity (Wildman–Crippen MR) is 84.8 cm³/mol. The van der Waals surface area contributed by atoms with Gasteiger partial charge in [-0.25, -0.2) is 0 Å². The van der Waals surface area contributed by atoms with E-state index in [1.807, 2.05) is 30.3 Å². The van der Waals surface area contributed by atoms with Gasteiger partial charge in [-0.1, -0.05) is 53.5 Å². The first-order valence-electron chi connectivity index (χ1n) is 6.49. The molecular weight excluding hydrogens is 309 g/mol. The second-order valence-corrected chi connectivity index (χ2v) is 5.35. The van der Waals surface area contributed by atoms with E-state index in [4.69, 9.17) is 27.9 Å². The quantitative estimate of drug-likeness (QED) is 0.900. The number of halogens is 2. The summed E-state index contributed by atoms with van der Waals surface area (Å²) in [4.78, 5) is 12.0. The zero-order valence-electron chi connectivity index (χ0n) is 11.5. The summed E-state index contributed by atoms with van der Waals surface area (Å²) in [6, 6.07) is 14.6. The zero-order chi connectivity index (χ0) is 15.2. The highest BCUT2D eigenvalue weighted by atomic mass is 35.5. The lowest BCUT2D eigenvalue weighted by atomic mass is 10.2. The number of carbonyl (C=O) groups is 1. The van der Waals surface area contributed by atoms with Gasteiger partial charge in [0.15, 0.2) is 6.10 Å². The minimum absolute atomic E-state index is 0.190. The van der Waals surface area contributed by atoms with Crippen molar-refractivity contribution in [2.45, 2.75) is 19.6 Å². The Kier molecular flexibility index (Phi) is 5.48. The molecule has 0 aliphatic heterocycles. The summed E-state index contributed by atoms with van der Waals surface area (Å²) >= 11 is 11.7. The minimum atomic E-state index is -0.619. The van der Waals surface area contributed by atoms with Crippen molar-refractivity contribution in [1.29, 1.82) is 0 Å². The lowest BCUT2D eigenvalue weighted by Gasteiger charge is -2.15. The van der Waals surface area contributed by atoms with E-state index in [1.165, 1.54) is 0 Å². The zero-order valence-corrected chi connectivity index (χ0v) is 13.0. The van der Waals surface area contributed by atoms with Gasteiger partial charge in [-0.15, -0.1) is 0 Å². The van der Waals surface area contributed by atoms with Crippen LogP contribution in [-0.4, -0.2) is 12.0 Å². The van der Waals surface area contributed by atoms with Gasteiger partial charge in [0.1, 0.15) is 5.75 Å². The number of rotatable bonds is 5. The molecule has 0 fully saturated rings. The maximum atomic E-state index is 12.0. The van der Waals surface area contributed by atoms with Gasteiger partial charge in [0.2, 0.25) is 0 Å². The van der Waals surface area contributed by atoms with E-state index < -0.39 is 6.10 Å². The smallest absolute Gasteiger partial charge is 0.261 e. The molecule has 2 aromatic rings. The first kappa shape index (κ1) is 15.7. The van der Waals surface area contributed by atoms with Crippen LogP contribution in [0.3, 0.4) is 0 Å². The topological polar surface area (TPSA) is 38.3 Å². The summed E-state index contributed by atoms with van der Waals surface area (Å²) in [6.45, 7) is 2.15. The van der Waals surface area contributed by atoms with E-state index in [0.29, 0.717) is 22.3 Å². The molecule has 0 radical (unpaired) electrons. The highest BCUT2D eigenvalue weighted by Crippen LogP contribution is 2.26. The Morgan fingerprint density at radius 1 is 1.14 bits per heavy atom. The molecule has 1 N–H and O–H groups in total. The minimum Gasteiger partial charge on any atom is -0.481 e. The van der Waals surface area contributed by atoms with Crippen LogP contribution in [-0.2, 0) is 11.3 Å². The lowest BCUT2D eigenvalue weighted by Crippen LogP contribution is -2.35. The Balaban J connectivity index is 1.88. The molecule has 5 heteroatoms. The molecule has 0 heterocycles. The van der Waals surface area contributed by atoms with Crippen molar-refractivity contribution < 1.29 is 9.53 Å². The lowest BCUT2D eigenvalue weighted by molar-refractivity contribution is -0.127. The molecule has 1 atom stereocenters. The summed E-state index contributed by atoms with van der Waals surface area (Å²) < 4.78 is 5.55. The molecule has 0 bridgehead atoms. The average Bonchev–Trinajstić information content (AvgIpc) is 2.49. The third-order valence-corrected chi connectivity index (χ3v) is 3.62. The van der Waals surface area contributed by atoms with Gasteiger partial charge >= 0.3 is 0 Å². The molecule has 0 unspecified atom stereocenters. The van der Waals surface area contributed by atoms with Crippen LogP contribution in [0.25, 0.3) is 0 Å². The van der Waals surface area contributed by atoms with Crippen LogP contribution < -0.4 is 10.1 Å². The summed E-state index contributed by atoms with van der Waals surface area (Å²) in [6.07, 6.45) is -0.619. The fourth-order valence-corrected chi connectivity index (χ4v) is 2.02. The van der Waals surface area contributed by atoms with Crippen LogP contribution in [0.1, 0.15) is 12.5 Å². The third kappa shape index (κ3) is 4.66. The standard InChI is InChI=1S/C16H15Cl2NO2/c1-11(21-13-7-8-14(17)15(18)9-13)16(20)19-10-12-5-3-2-4-6-12/h2-9,11H,10H2,1H3,(H,19,20)/t11-/m1/s1. The monoisotopic (exact) mass is 323 g/mol. The Morgan fingerprint density at radius 2 is 1.86 bits per heavy atom.